The van der Waals surface area contributed by atoms with Crippen molar-refractivity contribution in [3.05, 3.63) is 41.2 Å². The fourth-order valence-corrected chi connectivity index (χ4v) is 6.72. The molecule has 3 heterocycles. The van der Waals surface area contributed by atoms with E-state index in [2.05, 4.69) is 16.0 Å². The van der Waals surface area contributed by atoms with E-state index in [0.29, 0.717) is 36.5 Å². The van der Waals surface area contributed by atoms with Crippen molar-refractivity contribution in [1.82, 2.24) is 15.5 Å². The van der Waals surface area contributed by atoms with Crippen molar-refractivity contribution in [2.24, 2.45) is 17.8 Å². The summed E-state index contributed by atoms with van der Waals surface area (Å²) in [6.07, 6.45) is 1.32. The van der Waals surface area contributed by atoms with Crippen molar-refractivity contribution in [2.75, 3.05) is 18.5 Å². The summed E-state index contributed by atoms with van der Waals surface area (Å²) in [5.41, 5.74) is 0.569. The van der Waals surface area contributed by atoms with Crippen molar-refractivity contribution in [2.45, 2.75) is 89.4 Å². The molecule has 0 aromatic heterocycles. The lowest BCUT2D eigenvalue weighted by Crippen LogP contribution is -2.70. The molecule has 0 radical (unpaired) electrons. The van der Waals surface area contributed by atoms with Crippen molar-refractivity contribution in [3.63, 3.8) is 0 Å². The first-order chi connectivity index (χ1) is 20.8. The molecular formula is C31H40ClF3N4O5. The molecule has 1 aromatic carbocycles. The number of rotatable bonds is 12. The Kier molecular flexibility index (Phi) is 10.9. The lowest BCUT2D eigenvalue weighted by atomic mass is 9.71. The third-order valence-electron chi connectivity index (χ3n) is 8.48. The highest BCUT2D eigenvalue weighted by Gasteiger charge is 2.61. The van der Waals surface area contributed by atoms with E-state index in [9.17, 15) is 23.6 Å². The maximum atomic E-state index is 15.3. The number of nitrogens with one attached hydrogen (secondary N) is 3. The van der Waals surface area contributed by atoms with Gasteiger partial charge in [0.25, 0.3) is 5.92 Å². The van der Waals surface area contributed by atoms with Gasteiger partial charge in [-0.15, -0.1) is 0 Å². The Hall–Kier alpha value is -3.28. The maximum Gasteiger partial charge on any atom is 0.366 e. The molecule has 1 aromatic rings. The number of hydrogen-bond donors (Lipinski definition) is 3. The smallest absolute Gasteiger partial charge is 0.366 e. The number of anilines is 1. The van der Waals surface area contributed by atoms with Gasteiger partial charge in [-0.1, -0.05) is 31.5 Å². The van der Waals surface area contributed by atoms with Crippen LogP contribution in [0.4, 0.5) is 18.9 Å². The van der Waals surface area contributed by atoms with Crippen LogP contribution in [-0.4, -0.2) is 71.8 Å². The van der Waals surface area contributed by atoms with Gasteiger partial charge in [0.05, 0.1) is 18.6 Å². The summed E-state index contributed by atoms with van der Waals surface area (Å²) < 4.78 is 50.1. The van der Waals surface area contributed by atoms with E-state index in [0.717, 1.165) is 6.08 Å². The second-order valence-electron chi connectivity index (χ2n) is 12.2. The monoisotopic (exact) mass is 640 g/mol. The molecule has 1 saturated carbocycles. The standard InChI is InChI=1S/C31H40ClF3N4O5/c1-4-44-30(43)24(33)15-21(13-18-10-11-36-27(18)40)38-28(41)26-23-9-8-22(16-31(23,34)35)39(26)29(42)25(12-17(2)3)37-20-7-5-6-19(32)14-20/h5-7,14-15,17-18,21-23,25-26,37H,4,8-13,16H2,1-3H3,(H,36,40)(H,38,41)/b24-15+/t18-,21-,22-,23-,25-,26-/m1/s1. The Morgan fingerprint density at radius 2 is 1.98 bits per heavy atom. The van der Waals surface area contributed by atoms with Gasteiger partial charge in [0.1, 0.15) is 12.1 Å². The highest BCUT2D eigenvalue weighted by molar-refractivity contribution is 6.30. The number of esters is 1. The number of fused-ring (bicyclic) bond motifs is 3. The van der Waals surface area contributed by atoms with Crippen LogP contribution >= 0.6 is 11.6 Å². The molecule has 4 aliphatic rings. The van der Waals surface area contributed by atoms with Crippen LogP contribution < -0.4 is 16.0 Å². The molecule has 13 heteroatoms. The van der Waals surface area contributed by atoms with Crippen LogP contribution in [0.2, 0.25) is 5.02 Å². The highest BCUT2D eigenvalue weighted by Crippen LogP contribution is 2.49. The van der Waals surface area contributed by atoms with Crippen LogP contribution in [0.1, 0.15) is 59.3 Å². The summed E-state index contributed by atoms with van der Waals surface area (Å²) in [6, 6.07) is 2.33. The molecule has 5 rings (SSSR count). The van der Waals surface area contributed by atoms with E-state index in [-0.39, 0.29) is 31.3 Å². The van der Waals surface area contributed by atoms with Gasteiger partial charge in [-0.25, -0.2) is 13.6 Å². The third kappa shape index (κ3) is 7.86. The van der Waals surface area contributed by atoms with Crippen molar-refractivity contribution >= 4 is 41.0 Å². The van der Waals surface area contributed by atoms with Gasteiger partial charge in [-0.3, -0.25) is 14.4 Å². The van der Waals surface area contributed by atoms with Crippen LogP contribution in [0, 0.1) is 17.8 Å². The molecule has 0 spiro atoms. The minimum absolute atomic E-state index is 0.0266. The normalized spacial score (nSPS) is 25.8. The van der Waals surface area contributed by atoms with Crippen LogP contribution in [0.15, 0.2) is 36.2 Å². The van der Waals surface area contributed by atoms with Gasteiger partial charge in [0, 0.05) is 35.6 Å². The number of alkyl halides is 2. The topological polar surface area (TPSA) is 117 Å². The number of piperidine rings is 2. The van der Waals surface area contributed by atoms with E-state index < -0.39 is 72.0 Å². The summed E-state index contributed by atoms with van der Waals surface area (Å²) in [4.78, 5) is 53.7. The molecule has 3 aliphatic heterocycles. The van der Waals surface area contributed by atoms with Crippen LogP contribution in [0.3, 0.4) is 0 Å². The Balaban J connectivity index is 1.65. The summed E-state index contributed by atoms with van der Waals surface area (Å²) in [6.45, 7) is 5.67. The second kappa shape index (κ2) is 14.2. The van der Waals surface area contributed by atoms with Crippen LogP contribution in [0.25, 0.3) is 0 Å². The fourth-order valence-electron chi connectivity index (χ4n) is 6.53. The molecule has 3 saturated heterocycles. The quantitative estimate of drug-likeness (QED) is 0.227. The average molecular weight is 641 g/mol. The minimum Gasteiger partial charge on any atom is -0.461 e. The SMILES string of the molecule is CCOC(=O)/C(F)=C\[C@@H](C[C@H]1CCNC1=O)NC(=O)[C@H]1[C@H]2CC[C@H](CC2(F)F)N1C(=O)[C@@H](CC(C)C)Nc1cccc(Cl)c1. The van der Waals surface area contributed by atoms with E-state index >= 15 is 8.78 Å². The predicted molar refractivity (Wildman–Crippen MR) is 159 cm³/mol. The number of benzene rings is 1. The van der Waals surface area contributed by atoms with Crippen molar-refractivity contribution < 1.29 is 37.1 Å². The molecule has 9 nitrogen and oxygen atoms in total. The van der Waals surface area contributed by atoms with E-state index in [4.69, 9.17) is 16.3 Å². The maximum absolute atomic E-state index is 15.3. The minimum atomic E-state index is -3.21. The molecule has 1 aliphatic carbocycles. The van der Waals surface area contributed by atoms with Crippen LogP contribution in [0.5, 0.6) is 0 Å². The number of carbonyl (C=O) groups excluding carboxylic acids is 4. The Morgan fingerprint density at radius 3 is 2.59 bits per heavy atom. The molecule has 2 bridgehead atoms. The van der Waals surface area contributed by atoms with Gasteiger partial charge in [0.2, 0.25) is 23.5 Å². The Morgan fingerprint density at radius 1 is 1.23 bits per heavy atom. The van der Waals surface area contributed by atoms with Crippen molar-refractivity contribution in [3.8, 4) is 0 Å². The zero-order chi connectivity index (χ0) is 32.2. The van der Waals surface area contributed by atoms with Gasteiger partial charge in [-0.2, -0.15) is 4.39 Å². The number of ether oxygens (including phenoxy) is 1. The molecule has 242 valence electrons. The first-order valence-corrected chi connectivity index (χ1v) is 15.5. The molecule has 6 atom stereocenters. The number of nitrogens with zero attached hydrogens (tertiary/aromatic N) is 1. The average Bonchev–Trinajstić information content (AvgIpc) is 3.35. The van der Waals surface area contributed by atoms with E-state index in [1.807, 2.05) is 13.8 Å². The molecule has 3 amide bonds. The van der Waals surface area contributed by atoms with E-state index in [1.165, 1.54) is 11.8 Å². The largest absolute Gasteiger partial charge is 0.461 e. The highest BCUT2D eigenvalue weighted by atomic mass is 35.5. The first kappa shape index (κ1) is 33.6. The Labute approximate surface area is 260 Å². The zero-order valence-corrected chi connectivity index (χ0v) is 25.8. The summed E-state index contributed by atoms with van der Waals surface area (Å²) in [5.74, 6) is -9.42. The van der Waals surface area contributed by atoms with Crippen LogP contribution in [-0.2, 0) is 23.9 Å². The lowest BCUT2D eigenvalue weighted by molar-refractivity contribution is -0.194. The number of hydrogen-bond acceptors (Lipinski definition) is 6. The molecule has 4 fully saturated rings. The van der Waals surface area contributed by atoms with Gasteiger partial charge in [-0.05, 0) is 69.2 Å². The number of halogens is 4. The van der Waals surface area contributed by atoms with Crippen molar-refractivity contribution in [1.29, 1.82) is 0 Å². The summed E-state index contributed by atoms with van der Waals surface area (Å²) in [7, 11) is 0. The molecule has 44 heavy (non-hydrogen) atoms. The molecular weight excluding hydrogens is 601 g/mol. The van der Waals surface area contributed by atoms with E-state index in [1.54, 1.807) is 24.3 Å². The Bertz CT molecular complexity index is 1280. The predicted octanol–water partition coefficient (Wildman–Crippen LogP) is 4.61. The van der Waals surface area contributed by atoms with Gasteiger partial charge >= 0.3 is 5.97 Å². The zero-order valence-electron chi connectivity index (χ0n) is 25.1. The summed E-state index contributed by atoms with van der Waals surface area (Å²) in [5, 5.41) is 8.90. The summed E-state index contributed by atoms with van der Waals surface area (Å²) >= 11 is 6.14. The number of carbonyl (C=O) groups is 4. The number of amides is 3. The lowest BCUT2D eigenvalue weighted by Gasteiger charge is -2.54. The first-order valence-electron chi connectivity index (χ1n) is 15.1. The van der Waals surface area contributed by atoms with Gasteiger partial charge < -0.3 is 25.6 Å². The fraction of sp³-hybridized carbons (Fsp3) is 0.613. The molecule has 3 N–H and O–H groups in total. The third-order valence-corrected chi connectivity index (χ3v) is 8.71. The van der Waals surface area contributed by atoms with Gasteiger partial charge in [0.15, 0.2) is 0 Å². The second-order valence-corrected chi connectivity index (χ2v) is 12.6. The molecule has 0 unspecified atom stereocenters.